The third-order valence-corrected chi connectivity index (χ3v) is 6.91. The van der Waals surface area contributed by atoms with Crippen molar-refractivity contribution in [3.8, 4) is 16.8 Å². The van der Waals surface area contributed by atoms with E-state index in [0.717, 1.165) is 12.4 Å². The van der Waals surface area contributed by atoms with Crippen molar-refractivity contribution in [1.82, 2.24) is 9.47 Å². The van der Waals surface area contributed by atoms with Crippen molar-refractivity contribution in [2.24, 2.45) is 4.99 Å². The van der Waals surface area contributed by atoms with E-state index in [0.29, 0.717) is 0 Å². The second-order valence-corrected chi connectivity index (χ2v) is 8.89. The summed E-state index contributed by atoms with van der Waals surface area (Å²) >= 11 is 0. The van der Waals surface area contributed by atoms with Crippen LogP contribution >= 0.6 is 0 Å². The van der Waals surface area contributed by atoms with Crippen LogP contribution in [0, 0.1) is 0 Å². The highest BCUT2D eigenvalue weighted by Crippen LogP contribution is 2.33. The lowest BCUT2D eigenvalue weighted by Gasteiger charge is -2.16. The molecule has 0 amide bonds. The minimum absolute atomic E-state index is 0.189. The Bertz CT molecular complexity index is 1560. The molecule has 0 fully saturated rings. The largest absolute Gasteiger partial charge is 0.331 e. The standard InChI is InChI=1S/C31H23N3/c1-3-9-29-26(7-1)27-8-2-4-10-30(27)34(29)25-18-16-23(17-19-25)22-12-14-24(15-13-22)28-21-33-20-6-5-11-31(33)32-28/h1-20,28H,21H2. The fourth-order valence-corrected chi connectivity index (χ4v) is 5.21. The van der Waals surface area contributed by atoms with Crippen LogP contribution in [0.1, 0.15) is 11.6 Å². The Morgan fingerprint density at radius 3 is 1.91 bits per heavy atom. The Morgan fingerprint density at radius 1 is 0.647 bits per heavy atom. The first-order chi connectivity index (χ1) is 16.8. The minimum Gasteiger partial charge on any atom is -0.331 e. The number of allylic oxidation sites excluding steroid dienone is 2. The van der Waals surface area contributed by atoms with Gasteiger partial charge >= 0.3 is 0 Å². The first-order valence-electron chi connectivity index (χ1n) is 11.7. The Labute approximate surface area is 198 Å². The second-order valence-electron chi connectivity index (χ2n) is 8.89. The number of fused-ring (bicyclic) bond motifs is 4. The van der Waals surface area contributed by atoms with Crippen molar-refractivity contribution in [3.63, 3.8) is 0 Å². The number of benzene rings is 4. The Kier molecular flexibility index (Phi) is 4.28. The summed E-state index contributed by atoms with van der Waals surface area (Å²) in [5, 5.41) is 2.57. The molecule has 0 radical (unpaired) electrons. The van der Waals surface area contributed by atoms with Crippen LogP contribution in [0.5, 0.6) is 0 Å². The molecule has 1 unspecified atom stereocenters. The molecule has 0 saturated carbocycles. The molecular formula is C31H23N3. The van der Waals surface area contributed by atoms with Crippen molar-refractivity contribution in [2.45, 2.75) is 6.04 Å². The van der Waals surface area contributed by atoms with E-state index in [2.05, 4.69) is 125 Å². The number of amidine groups is 1. The van der Waals surface area contributed by atoms with E-state index in [4.69, 9.17) is 4.99 Å². The van der Waals surface area contributed by atoms with Gasteiger partial charge in [0.1, 0.15) is 5.84 Å². The number of nitrogens with zero attached hydrogens (tertiary/aromatic N) is 3. The third kappa shape index (κ3) is 3.01. The summed E-state index contributed by atoms with van der Waals surface area (Å²) in [5.74, 6) is 1.05. The third-order valence-electron chi connectivity index (χ3n) is 6.91. The molecule has 7 rings (SSSR count). The molecule has 1 atom stereocenters. The number of hydrogen-bond acceptors (Lipinski definition) is 2. The summed E-state index contributed by atoms with van der Waals surface area (Å²) in [6, 6.07) is 35.2. The van der Waals surface area contributed by atoms with E-state index in [1.54, 1.807) is 0 Å². The van der Waals surface area contributed by atoms with Gasteiger partial charge < -0.3 is 9.47 Å². The lowest BCUT2D eigenvalue weighted by atomic mass is 10.0. The van der Waals surface area contributed by atoms with Gasteiger partial charge in [0.05, 0.1) is 23.6 Å². The summed E-state index contributed by atoms with van der Waals surface area (Å²) in [7, 11) is 0. The molecule has 0 aliphatic carbocycles. The highest BCUT2D eigenvalue weighted by atomic mass is 15.2. The molecule has 4 aromatic carbocycles. The van der Waals surface area contributed by atoms with Crippen LogP contribution in [0.15, 0.2) is 126 Å². The van der Waals surface area contributed by atoms with Gasteiger partial charge in [-0.2, -0.15) is 0 Å². The Morgan fingerprint density at radius 2 is 1.26 bits per heavy atom. The molecule has 0 spiro atoms. The molecule has 1 aromatic heterocycles. The van der Waals surface area contributed by atoms with Crippen LogP contribution in [0.2, 0.25) is 0 Å². The predicted octanol–water partition coefficient (Wildman–Crippen LogP) is 7.29. The van der Waals surface area contributed by atoms with Gasteiger partial charge in [-0.05, 0) is 53.1 Å². The lowest BCUT2D eigenvalue weighted by molar-refractivity contribution is 0.550. The summed E-state index contributed by atoms with van der Waals surface area (Å²) in [5.41, 5.74) is 7.35. The topological polar surface area (TPSA) is 20.5 Å². The first-order valence-corrected chi connectivity index (χ1v) is 11.7. The summed E-state index contributed by atoms with van der Waals surface area (Å²) < 4.78 is 2.36. The van der Waals surface area contributed by atoms with Crippen molar-refractivity contribution < 1.29 is 0 Å². The summed E-state index contributed by atoms with van der Waals surface area (Å²) in [4.78, 5) is 7.09. The number of para-hydroxylation sites is 2. The van der Waals surface area contributed by atoms with E-state index >= 15 is 0 Å². The highest BCUT2D eigenvalue weighted by Gasteiger charge is 2.24. The zero-order chi connectivity index (χ0) is 22.5. The van der Waals surface area contributed by atoms with E-state index in [9.17, 15) is 0 Å². The molecule has 2 aliphatic rings. The van der Waals surface area contributed by atoms with Crippen LogP contribution in [0.3, 0.4) is 0 Å². The van der Waals surface area contributed by atoms with Gasteiger partial charge in [0, 0.05) is 22.7 Å². The normalized spacial score (nSPS) is 16.9. The van der Waals surface area contributed by atoms with Crippen LogP contribution in [0.25, 0.3) is 38.6 Å². The van der Waals surface area contributed by atoms with Crippen molar-refractivity contribution >= 4 is 27.6 Å². The van der Waals surface area contributed by atoms with Gasteiger partial charge in [0.15, 0.2) is 0 Å². The Hall–Kier alpha value is -4.37. The number of rotatable bonds is 3. The van der Waals surface area contributed by atoms with Crippen molar-refractivity contribution in [3.05, 3.63) is 127 Å². The molecule has 3 heteroatoms. The Balaban J connectivity index is 1.21. The zero-order valence-electron chi connectivity index (χ0n) is 18.7. The molecule has 0 bridgehead atoms. The monoisotopic (exact) mass is 437 g/mol. The van der Waals surface area contributed by atoms with Crippen LogP contribution < -0.4 is 0 Å². The fourth-order valence-electron chi connectivity index (χ4n) is 5.21. The average molecular weight is 438 g/mol. The quantitative estimate of drug-likeness (QED) is 0.290. The maximum absolute atomic E-state index is 4.87. The van der Waals surface area contributed by atoms with Gasteiger partial charge in [0.2, 0.25) is 0 Å². The van der Waals surface area contributed by atoms with E-state index in [-0.39, 0.29) is 6.04 Å². The molecule has 3 nitrogen and oxygen atoms in total. The zero-order valence-corrected chi connectivity index (χ0v) is 18.7. The lowest BCUT2D eigenvalue weighted by Crippen LogP contribution is -2.21. The molecule has 5 aromatic rings. The molecule has 162 valence electrons. The van der Waals surface area contributed by atoms with Gasteiger partial charge in [-0.15, -0.1) is 0 Å². The highest BCUT2D eigenvalue weighted by molar-refractivity contribution is 6.09. The molecule has 2 aliphatic heterocycles. The number of hydrogen-bond donors (Lipinski definition) is 0. The number of aliphatic imine (C=N–C) groups is 1. The van der Waals surface area contributed by atoms with Crippen molar-refractivity contribution in [2.75, 3.05) is 6.54 Å². The van der Waals surface area contributed by atoms with Gasteiger partial charge in [-0.3, -0.25) is 4.99 Å². The minimum atomic E-state index is 0.189. The van der Waals surface area contributed by atoms with Gasteiger partial charge in [-0.25, -0.2) is 0 Å². The number of aromatic nitrogens is 1. The van der Waals surface area contributed by atoms with E-state index < -0.39 is 0 Å². The molecule has 0 N–H and O–H groups in total. The molecule has 3 heterocycles. The maximum Gasteiger partial charge on any atom is 0.128 e. The fraction of sp³-hybridized carbons (Fsp3) is 0.0645. The molecule has 0 saturated heterocycles. The van der Waals surface area contributed by atoms with Crippen LogP contribution in [0.4, 0.5) is 0 Å². The molecular weight excluding hydrogens is 414 g/mol. The van der Waals surface area contributed by atoms with E-state index in [1.807, 2.05) is 6.08 Å². The van der Waals surface area contributed by atoms with E-state index in [1.165, 1.54) is 44.2 Å². The maximum atomic E-state index is 4.87. The first kappa shape index (κ1) is 19.1. The van der Waals surface area contributed by atoms with Gasteiger partial charge in [-0.1, -0.05) is 78.9 Å². The SMILES string of the molecule is C1=CC2=NC(c3ccc(-c4ccc(-n5c6ccccc6c6ccccc65)cc4)cc3)CN2C=C1. The smallest absolute Gasteiger partial charge is 0.128 e. The predicted molar refractivity (Wildman–Crippen MR) is 141 cm³/mol. The van der Waals surface area contributed by atoms with Crippen LogP contribution in [-0.4, -0.2) is 21.8 Å². The summed E-state index contributed by atoms with van der Waals surface area (Å²) in [6.45, 7) is 0.906. The van der Waals surface area contributed by atoms with Crippen molar-refractivity contribution in [1.29, 1.82) is 0 Å². The molecule has 34 heavy (non-hydrogen) atoms. The average Bonchev–Trinajstić information content (AvgIpc) is 3.49. The van der Waals surface area contributed by atoms with Gasteiger partial charge in [0.25, 0.3) is 0 Å². The second kappa shape index (κ2) is 7.60. The summed E-state index contributed by atoms with van der Waals surface area (Å²) in [6.07, 6.45) is 8.29. The van der Waals surface area contributed by atoms with Crippen LogP contribution in [-0.2, 0) is 0 Å².